The number of benzene rings is 9. The van der Waals surface area contributed by atoms with Crippen LogP contribution in [0.25, 0.3) is 65.3 Å². The number of hydrogen-bond acceptors (Lipinski definition) is 4. The van der Waals surface area contributed by atoms with E-state index in [1.807, 2.05) is 0 Å². The van der Waals surface area contributed by atoms with Crippen molar-refractivity contribution >= 4 is 43.1 Å². The molecule has 0 radical (unpaired) electrons. The molecule has 4 nitrogen and oxygen atoms in total. The molecule has 0 aromatic heterocycles. The van der Waals surface area contributed by atoms with E-state index in [0.29, 0.717) is 26.4 Å². The van der Waals surface area contributed by atoms with E-state index in [1.165, 1.54) is 0 Å². The topological polar surface area (TPSA) is 36.9 Å². The minimum atomic E-state index is 0.383. The van der Waals surface area contributed by atoms with Crippen LogP contribution >= 0.6 is 0 Å². The molecule has 2 heterocycles. The molecule has 9 aromatic carbocycles. The lowest BCUT2D eigenvalue weighted by atomic mass is 9.91. The second kappa shape index (κ2) is 12.4. The van der Waals surface area contributed by atoms with E-state index in [2.05, 4.69) is 158 Å². The lowest BCUT2D eigenvalue weighted by Gasteiger charge is -2.25. The highest BCUT2D eigenvalue weighted by Gasteiger charge is 2.24. The maximum Gasteiger partial charge on any atom is 0.128 e. The summed E-state index contributed by atoms with van der Waals surface area (Å²) in [5.74, 6) is 3.30. The molecular formula is C50H34O4. The average Bonchev–Trinajstić information content (AvgIpc) is 3.23. The van der Waals surface area contributed by atoms with Gasteiger partial charge in [0.2, 0.25) is 0 Å². The summed E-state index contributed by atoms with van der Waals surface area (Å²) in [5, 5.41) is 9.15. The fourth-order valence-corrected chi connectivity index (χ4v) is 8.47. The van der Waals surface area contributed by atoms with E-state index in [9.17, 15) is 0 Å². The van der Waals surface area contributed by atoms with Gasteiger partial charge in [0.1, 0.15) is 49.4 Å². The fourth-order valence-electron chi connectivity index (χ4n) is 8.47. The van der Waals surface area contributed by atoms with Crippen LogP contribution in [-0.4, -0.2) is 0 Å². The molecule has 0 saturated heterocycles. The van der Waals surface area contributed by atoms with Gasteiger partial charge < -0.3 is 18.9 Å². The first-order chi connectivity index (χ1) is 26.8. The Bertz CT molecular complexity index is 2560. The summed E-state index contributed by atoms with van der Waals surface area (Å²) in [4.78, 5) is 0. The van der Waals surface area contributed by atoms with Gasteiger partial charge in [-0.25, -0.2) is 0 Å². The standard InChI is InChI=1S/C50H34O4/c1-5-13-39-31(9-1)17-21-43-47(39)48-40-14-6-2-10-32(40)18-22-44(48)52-28-36-26-38-30-54-46-24-20-34-12-4-8-16-42(34)50(46)49-41-15-7-3-11-33(41)19-23-45(49)53-29-37(38)25-35(36)27-51-43/h1-26H,27-30H2. The van der Waals surface area contributed by atoms with Crippen molar-refractivity contribution in [2.45, 2.75) is 26.4 Å². The number of rotatable bonds is 0. The van der Waals surface area contributed by atoms with Crippen LogP contribution in [0.1, 0.15) is 22.3 Å². The number of fused-ring (bicyclic) bond motifs is 16. The van der Waals surface area contributed by atoms with Gasteiger partial charge >= 0.3 is 0 Å². The van der Waals surface area contributed by atoms with Crippen molar-refractivity contribution in [1.82, 2.24) is 0 Å². The first-order valence-electron chi connectivity index (χ1n) is 18.5. The van der Waals surface area contributed by atoms with Gasteiger partial charge in [-0.3, -0.25) is 0 Å². The van der Waals surface area contributed by atoms with Gasteiger partial charge in [0.15, 0.2) is 0 Å². The summed E-state index contributed by atoms with van der Waals surface area (Å²) in [5.41, 5.74) is 8.43. The SMILES string of the molecule is c1ccc2c3c(ccc2c1)OCc1cc2c(cc1COc1ccc4ccccc4c1-3)COc1ccc3ccccc3c1-c1c(ccc3ccccc13)OC2. The van der Waals surface area contributed by atoms with E-state index in [0.717, 1.165) is 111 Å². The predicted octanol–water partition coefficient (Wildman–Crippen LogP) is 12.6. The third-order valence-corrected chi connectivity index (χ3v) is 11.1. The predicted molar refractivity (Wildman–Crippen MR) is 218 cm³/mol. The lowest BCUT2D eigenvalue weighted by molar-refractivity contribution is 0.273. The fraction of sp³-hybridized carbons (Fsp3) is 0.0800. The lowest BCUT2D eigenvalue weighted by Crippen LogP contribution is -2.13. The van der Waals surface area contributed by atoms with E-state index in [4.69, 9.17) is 18.9 Å². The molecule has 0 unspecified atom stereocenters. The molecule has 2 aliphatic heterocycles. The third-order valence-electron chi connectivity index (χ3n) is 11.1. The van der Waals surface area contributed by atoms with Crippen molar-refractivity contribution in [3.8, 4) is 45.3 Å². The maximum atomic E-state index is 6.86. The van der Waals surface area contributed by atoms with Crippen LogP contribution < -0.4 is 18.9 Å². The Balaban J connectivity index is 1.07. The van der Waals surface area contributed by atoms with Gasteiger partial charge in [0, 0.05) is 22.3 Å². The van der Waals surface area contributed by atoms with Crippen molar-refractivity contribution in [1.29, 1.82) is 0 Å². The molecule has 9 aromatic rings. The summed E-state index contributed by atoms with van der Waals surface area (Å²) >= 11 is 0. The van der Waals surface area contributed by atoms with E-state index >= 15 is 0 Å². The van der Waals surface area contributed by atoms with Crippen molar-refractivity contribution in [3.05, 3.63) is 180 Å². The van der Waals surface area contributed by atoms with Crippen molar-refractivity contribution in [3.63, 3.8) is 0 Å². The van der Waals surface area contributed by atoms with E-state index in [1.54, 1.807) is 0 Å². The molecule has 0 aliphatic carbocycles. The Labute approximate surface area is 312 Å². The van der Waals surface area contributed by atoms with Crippen LogP contribution in [0.5, 0.6) is 23.0 Å². The normalized spacial score (nSPS) is 13.5. The number of hydrogen-bond donors (Lipinski definition) is 0. The van der Waals surface area contributed by atoms with Crippen molar-refractivity contribution in [2.75, 3.05) is 0 Å². The molecule has 0 N–H and O–H groups in total. The van der Waals surface area contributed by atoms with Gasteiger partial charge in [-0.2, -0.15) is 0 Å². The zero-order chi connectivity index (χ0) is 35.6. The van der Waals surface area contributed by atoms with Gasteiger partial charge in [0.25, 0.3) is 0 Å². The second-order valence-corrected chi connectivity index (χ2v) is 14.2. The third kappa shape index (κ3) is 4.98. The minimum Gasteiger partial charge on any atom is -0.488 e. The maximum absolute atomic E-state index is 6.86. The van der Waals surface area contributed by atoms with Gasteiger partial charge in [-0.1, -0.05) is 121 Å². The van der Waals surface area contributed by atoms with Crippen LogP contribution in [-0.2, 0) is 26.4 Å². The molecule has 2 aliphatic rings. The van der Waals surface area contributed by atoms with Crippen LogP contribution in [0.2, 0.25) is 0 Å². The molecule has 258 valence electrons. The smallest absolute Gasteiger partial charge is 0.128 e. The zero-order valence-corrected chi connectivity index (χ0v) is 29.5. The summed E-state index contributed by atoms with van der Waals surface area (Å²) in [6.45, 7) is 1.53. The Kier molecular flexibility index (Phi) is 7.09. The number of ether oxygens (including phenoxy) is 4. The Hall–Kier alpha value is -6.78. The Morgan fingerprint density at radius 3 is 0.759 bits per heavy atom. The van der Waals surface area contributed by atoms with Crippen LogP contribution in [0.3, 0.4) is 0 Å². The molecule has 4 heteroatoms. The van der Waals surface area contributed by atoms with Crippen molar-refractivity contribution < 1.29 is 18.9 Å². The molecular weight excluding hydrogens is 665 g/mol. The highest BCUT2D eigenvalue weighted by molar-refractivity contribution is 6.11. The highest BCUT2D eigenvalue weighted by atomic mass is 16.5. The zero-order valence-electron chi connectivity index (χ0n) is 29.5. The van der Waals surface area contributed by atoms with Crippen LogP contribution in [0.15, 0.2) is 158 Å². The first kappa shape index (κ1) is 30.8. The Morgan fingerprint density at radius 1 is 0.259 bits per heavy atom. The summed E-state index contributed by atoms with van der Waals surface area (Å²) < 4.78 is 27.4. The van der Waals surface area contributed by atoms with Crippen LogP contribution in [0.4, 0.5) is 0 Å². The Morgan fingerprint density at radius 2 is 0.500 bits per heavy atom. The largest absolute Gasteiger partial charge is 0.488 e. The highest BCUT2D eigenvalue weighted by Crippen LogP contribution is 2.48. The molecule has 11 rings (SSSR count). The molecule has 0 saturated carbocycles. The van der Waals surface area contributed by atoms with Crippen LogP contribution in [0, 0.1) is 0 Å². The molecule has 0 bridgehead atoms. The summed E-state index contributed by atoms with van der Waals surface area (Å²) in [6.07, 6.45) is 0. The molecule has 0 fully saturated rings. The molecule has 54 heavy (non-hydrogen) atoms. The van der Waals surface area contributed by atoms with Gasteiger partial charge in [-0.15, -0.1) is 0 Å². The van der Waals surface area contributed by atoms with E-state index < -0.39 is 0 Å². The minimum absolute atomic E-state index is 0.383. The summed E-state index contributed by atoms with van der Waals surface area (Å²) in [7, 11) is 0. The second-order valence-electron chi connectivity index (χ2n) is 14.2. The molecule has 0 amide bonds. The average molecular weight is 699 g/mol. The summed E-state index contributed by atoms with van der Waals surface area (Å²) in [6, 6.07) is 55.5. The van der Waals surface area contributed by atoms with Crippen molar-refractivity contribution in [2.24, 2.45) is 0 Å². The molecule has 0 atom stereocenters. The van der Waals surface area contributed by atoms with E-state index in [-0.39, 0.29) is 0 Å². The molecule has 0 spiro atoms. The first-order valence-corrected chi connectivity index (χ1v) is 18.5. The quantitative estimate of drug-likeness (QED) is 0.158. The van der Waals surface area contributed by atoms with Gasteiger partial charge in [0.05, 0.1) is 0 Å². The van der Waals surface area contributed by atoms with Gasteiger partial charge in [-0.05, 0) is 102 Å². The monoisotopic (exact) mass is 698 g/mol.